The summed E-state index contributed by atoms with van der Waals surface area (Å²) in [5.41, 5.74) is 3.57. The molecule has 0 aliphatic carbocycles. The fourth-order valence-corrected chi connectivity index (χ4v) is 5.83. The van der Waals surface area contributed by atoms with E-state index in [0.29, 0.717) is 26.8 Å². The number of sulfone groups is 1. The van der Waals surface area contributed by atoms with Crippen LogP contribution in [0.5, 0.6) is 0 Å². The van der Waals surface area contributed by atoms with Crippen molar-refractivity contribution in [2.24, 2.45) is 0 Å². The predicted octanol–water partition coefficient (Wildman–Crippen LogP) is 3.98. The van der Waals surface area contributed by atoms with Gasteiger partial charge in [-0.3, -0.25) is 4.79 Å². The Morgan fingerprint density at radius 1 is 1.21 bits per heavy atom. The van der Waals surface area contributed by atoms with Crippen LogP contribution < -0.4 is 0 Å². The first-order valence-electron chi connectivity index (χ1n) is 10.5. The highest BCUT2D eigenvalue weighted by atomic mass is 79.9. The molecule has 0 fully saturated rings. The number of aryl methyl sites for hydroxylation is 1. The summed E-state index contributed by atoms with van der Waals surface area (Å²) in [5, 5.41) is 9.36. The largest absolute Gasteiger partial charge is 0.392 e. The van der Waals surface area contributed by atoms with Crippen molar-refractivity contribution < 1.29 is 18.3 Å². The lowest BCUT2D eigenvalue weighted by atomic mass is 10.1. The van der Waals surface area contributed by atoms with Crippen molar-refractivity contribution in [1.82, 2.24) is 19.9 Å². The molecule has 0 bridgehead atoms. The topological polar surface area (TPSA) is 116 Å². The highest BCUT2D eigenvalue weighted by Gasteiger charge is 2.24. The molecule has 2 aromatic carbocycles. The molecule has 2 N–H and O–H groups in total. The number of aliphatic hydroxyl groups excluding tert-OH is 1. The molecule has 10 heteroatoms. The van der Waals surface area contributed by atoms with Gasteiger partial charge in [0, 0.05) is 35.4 Å². The minimum atomic E-state index is -3.90. The average molecular weight is 543 g/mol. The molecule has 0 aliphatic heterocycles. The van der Waals surface area contributed by atoms with Crippen LogP contribution in [0.2, 0.25) is 0 Å². The van der Waals surface area contributed by atoms with Gasteiger partial charge in [-0.1, -0.05) is 18.2 Å². The first kappa shape index (κ1) is 24.1. The quantitative estimate of drug-likeness (QED) is 0.380. The molecule has 1 amide bonds. The molecule has 0 unspecified atom stereocenters. The van der Waals surface area contributed by atoms with Crippen molar-refractivity contribution in [3.05, 3.63) is 70.5 Å². The van der Waals surface area contributed by atoms with Crippen LogP contribution in [0.4, 0.5) is 0 Å². The van der Waals surface area contributed by atoms with Crippen LogP contribution in [0.1, 0.15) is 22.8 Å². The van der Waals surface area contributed by atoms with Gasteiger partial charge in [-0.25, -0.2) is 18.4 Å². The maximum Gasteiger partial charge on any atom is 0.253 e. The van der Waals surface area contributed by atoms with Crippen molar-refractivity contribution in [3.63, 3.8) is 0 Å². The molecular weight excluding hydrogens is 520 g/mol. The number of amides is 1. The van der Waals surface area contributed by atoms with Crippen LogP contribution in [-0.4, -0.2) is 59.0 Å². The third-order valence-corrected chi connectivity index (χ3v) is 7.96. The summed E-state index contributed by atoms with van der Waals surface area (Å²) in [6.45, 7) is 3.67. The molecule has 0 spiro atoms. The standard InChI is InChI=1S/C24H23BrN4O4S/c1-14-4-9-19(25)20(10-14)34(32,33)21-12-27-23-22(28-21)18(11-26-23)16-5-7-17(8-6-16)24(31)29(3)13-15(2)30/h4-12,15,30H,13H2,1-3H3,(H,26,27)/t15-/m1/s1. The number of halogens is 1. The van der Waals surface area contributed by atoms with Crippen LogP contribution in [0.15, 0.2) is 69.3 Å². The molecule has 2 aromatic heterocycles. The predicted molar refractivity (Wildman–Crippen MR) is 132 cm³/mol. The number of aromatic nitrogens is 3. The normalized spacial score (nSPS) is 12.6. The van der Waals surface area contributed by atoms with E-state index in [2.05, 4.69) is 30.9 Å². The van der Waals surface area contributed by atoms with E-state index >= 15 is 0 Å². The molecule has 0 radical (unpaired) electrons. The monoisotopic (exact) mass is 542 g/mol. The summed E-state index contributed by atoms with van der Waals surface area (Å²) in [6, 6.07) is 12.0. The third kappa shape index (κ3) is 4.61. The molecule has 4 rings (SSSR count). The van der Waals surface area contributed by atoms with Gasteiger partial charge in [0.15, 0.2) is 10.7 Å². The molecule has 176 valence electrons. The summed E-state index contributed by atoms with van der Waals surface area (Å²) in [7, 11) is -2.27. The number of aliphatic hydroxyl groups is 1. The SMILES string of the molecule is Cc1ccc(Br)c(S(=O)(=O)c2cnc3[nH]cc(-c4ccc(C(=O)N(C)C[C@@H](C)O)cc4)c3n2)c1. The Kier molecular flexibility index (Phi) is 6.57. The van der Waals surface area contributed by atoms with Gasteiger partial charge in [0.25, 0.3) is 5.91 Å². The molecule has 4 aromatic rings. The number of fused-ring (bicyclic) bond motifs is 1. The number of hydrogen-bond donors (Lipinski definition) is 2. The molecule has 1 atom stereocenters. The lowest BCUT2D eigenvalue weighted by Crippen LogP contribution is -2.32. The summed E-state index contributed by atoms with van der Waals surface area (Å²) in [6.07, 6.45) is 2.33. The Balaban J connectivity index is 1.71. The number of hydrogen-bond acceptors (Lipinski definition) is 6. The van der Waals surface area contributed by atoms with Gasteiger partial charge in [-0.2, -0.15) is 0 Å². The Bertz CT molecular complexity index is 1480. The zero-order valence-corrected chi connectivity index (χ0v) is 21.2. The second-order valence-electron chi connectivity index (χ2n) is 8.16. The molecule has 0 saturated carbocycles. The summed E-state index contributed by atoms with van der Waals surface area (Å²) >= 11 is 3.32. The Hall–Kier alpha value is -3.08. The Labute approximate surface area is 205 Å². The first-order chi connectivity index (χ1) is 16.1. The van der Waals surface area contributed by atoms with Gasteiger partial charge in [0.1, 0.15) is 5.52 Å². The van der Waals surface area contributed by atoms with E-state index in [-0.39, 0.29) is 22.4 Å². The minimum Gasteiger partial charge on any atom is -0.392 e. The van der Waals surface area contributed by atoms with Crippen molar-refractivity contribution >= 4 is 42.8 Å². The van der Waals surface area contributed by atoms with Crippen molar-refractivity contribution in [1.29, 1.82) is 0 Å². The number of nitrogens with zero attached hydrogens (tertiary/aromatic N) is 3. The number of nitrogens with one attached hydrogen (secondary N) is 1. The van der Waals surface area contributed by atoms with E-state index in [1.807, 2.05) is 13.0 Å². The highest BCUT2D eigenvalue weighted by Crippen LogP contribution is 2.31. The van der Waals surface area contributed by atoms with Crippen LogP contribution in [0.25, 0.3) is 22.3 Å². The average Bonchev–Trinajstić information content (AvgIpc) is 3.23. The fourth-order valence-electron chi connectivity index (χ4n) is 3.65. The maximum atomic E-state index is 13.3. The second kappa shape index (κ2) is 9.28. The van der Waals surface area contributed by atoms with Gasteiger partial charge in [0.2, 0.25) is 9.84 Å². The first-order valence-corrected chi connectivity index (χ1v) is 12.7. The zero-order valence-electron chi connectivity index (χ0n) is 18.8. The number of carbonyl (C=O) groups is 1. The Morgan fingerprint density at radius 2 is 1.91 bits per heavy atom. The molecule has 8 nitrogen and oxygen atoms in total. The lowest BCUT2D eigenvalue weighted by molar-refractivity contribution is 0.0703. The van der Waals surface area contributed by atoms with Crippen LogP contribution in [0, 0.1) is 6.92 Å². The fraction of sp³-hybridized carbons (Fsp3) is 0.208. The van der Waals surface area contributed by atoms with Crippen LogP contribution in [-0.2, 0) is 9.84 Å². The summed E-state index contributed by atoms with van der Waals surface area (Å²) < 4.78 is 27.0. The van der Waals surface area contributed by atoms with E-state index in [0.717, 1.165) is 11.1 Å². The van der Waals surface area contributed by atoms with E-state index in [9.17, 15) is 18.3 Å². The van der Waals surface area contributed by atoms with Gasteiger partial charge in [-0.05, 0) is 65.2 Å². The van der Waals surface area contributed by atoms with Crippen LogP contribution in [0.3, 0.4) is 0 Å². The maximum absolute atomic E-state index is 13.3. The van der Waals surface area contributed by atoms with Crippen molar-refractivity contribution in [2.45, 2.75) is 29.9 Å². The van der Waals surface area contributed by atoms with Gasteiger partial charge in [-0.15, -0.1) is 0 Å². The van der Waals surface area contributed by atoms with Gasteiger partial charge < -0.3 is 15.0 Å². The van der Waals surface area contributed by atoms with E-state index in [4.69, 9.17) is 0 Å². The zero-order chi connectivity index (χ0) is 24.6. The van der Waals surface area contributed by atoms with E-state index in [1.54, 1.807) is 56.6 Å². The number of benzene rings is 2. The minimum absolute atomic E-state index is 0.127. The molecular formula is C24H23BrN4O4S. The van der Waals surface area contributed by atoms with Crippen LogP contribution >= 0.6 is 15.9 Å². The molecule has 0 saturated heterocycles. The van der Waals surface area contributed by atoms with E-state index < -0.39 is 15.9 Å². The third-order valence-electron chi connectivity index (χ3n) is 5.34. The number of carbonyl (C=O) groups excluding carboxylic acids is 1. The number of H-pyrrole nitrogens is 1. The highest BCUT2D eigenvalue weighted by molar-refractivity contribution is 9.10. The van der Waals surface area contributed by atoms with Crippen molar-refractivity contribution in [3.8, 4) is 11.1 Å². The molecule has 34 heavy (non-hydrogen) atoms. The number of likely N-dealkylation sites (N-methyl/N-ethyl adjacent to an activating group) is 1. The smallest absolute Gasteiger partial charge is 0.253 e. The summed E-state index contributed by atoms with van der Waals surface area (Å²) in [4.78, 5) is 25.9. The Morgan fingerprint density at radius 3 is 2.59 bits per heavy atom. The number of rotatable bonds is 6. The summed E-state index contributed by atoms with van der Waals surface area (Å²) in [5.74, 6) is -0.205. The second-order valence-corrected chi connectivity index (χ2v) is 10.9. The van der Waals surface area contributed by atoms with Gasteiger partial charge in [0.05, 0.1) is 17.2 Å². The lowest BCUT2D eigenvalue weighted by Gasteiger charge is -2.18. The van der Waals surface area contributed by atoms with Gasteiger partial charge >= 0.3 is 0 Å². The molecule has 0 aliphatic rings. The molecule has 2 heterocycles. The number of aromatic amines is 1. The van der Waals surface area contributed by atoms with E-state index in [1.165, 1.54) is 11.1 Å². The van der Waals surface area contributed by atoms with Crippen molar-refractivity contribution in [2.75, 3.05) is 13.6 Å².